The zero-order valence-corrected chi connectivity index (χ0v) is 28.7. The highest BCUT2D eigenvalue weighted by atomic mass is 31.2. The molecule has 0 saturated heterocycles. The van der Waals surface area contributed by atoms with Gasteiger partial charge in [-0.1, -0.05) is 107 Å². The molecule has 254 valence electrons. The van der Waals surface area contributed by atoms with Gasteiger partial charge in [0.2, 0.25) is 0 Å². The highest BCUT2D eigenvalue weighted by molar-refractivity contribution is 7.47. The van der Waals surface area contributed by atoms with Crippen LogP contribution >= 0.6 is 7.82 Å². The van der Waals surface area contributed by atoms with Crippen molar-refractivity contribution in [2.24, 2.45) is 0 Å². The minimum atomic E-state index is -4.42. The predicted molar refractivity (Wildman–Crippen MR) is 187 cm³/mol. The highest BCUT2D eigenvalue weighted by Crippen LogP contribution is 2.44. The number of fused-ring (bicyclic) bond motifs is 1. The van der Waals surface area contributed by atoms with Crippen LogP contribution in [-0.2, 0) is 20.2 Å². The zero-order chi connectivity index (χ0) is 33.2. The molecule has 1 heterocycles. The molecule has 3 aromatic carbocycles. The van der Waals surface area contributed by atoms with E-state index >= 15 is 0 Å². The molecule has 0 saturated carbocycles. The second-order valence-electron chi connectivity index (χ2n) is 11.9. The summed E-state index contributed by atoms with van der Waals surface area (Å²) in [5, 5.41) is 2.18. The minimum Gasteiger partial charge on any atom is -0.493 e. The predicted octanol–water partition coefficient (Wildman–Crippen LogP) is 9.72. The zero-order valence-electron chi connectivity index (χ0n) is 27.9. The van der Waals surface area contributed by atoms with E-state index in [1.807, 2.05) is 66.9 Å². The number of rotatable bonds is 23. The third kappa shape index (κ3) is 13.7. The maximum atomic E-state index is 12.8. The van der Waals surface area contributed by atoms with Crippen LogP contribution in [0.3, 0.4) is 0 Å². The number of hydrogen-bond donors (Lipinski definition) is 1. The van der Waals surface area contributed by atoms with Crippen molar-refractivity contribution in [3.8, 4) is 17.2 Å². The summed E-state index contributed by atoms with van der Waals surface area (Å²) >= 11 is 0. The van der Waals surface area contributed by atoms with Crippen LogP contribution in [0.4, 0.5) is 0 Å². The van der Waals surface area contributed by atoms with Crippen molar-refractivity contribution in [2.75, 3.05) is 26.9 Å². The number of benzene rings is 3. The monoisotopic (exact) mass is 663 g/mol. The van der Waals surface area contributed by atoms with Gasteiger partial charge in [-0.2, -0.15) is 0 Å². The summed E-state index contributed by atoms with van der Waals surface area (Å²) in [5.74, 6) is 1.60. The van der Waals surface area contributed by atoms with Gasteiger partial charge in [0.1, 0.15) is 30.0 Å². The molecule has 0 fully saturated rings. The van der Waals surface area contributed by atoms with Gasteiger partial charge in [0.25, 0.3) is 0 Å². The molecule has 4 aromatic rings. The van der Waals surface area contributed by atoms with Crippen molar-refractivity contribution >= 4 is 18.6 Å². The van der Waals surface area contributed by atoms with Crippen molar-refractivity contribution < 1.29 is 32.7 Å². The Labute approximate surface area is 280 Å². The van der Waals surface area contributed by atoms with Gasteiger partial charge in [-0.3, -0.25) is 14.4 Å². The molecule has 0 aliphatic rings. The standard InChI is InChI=1S/C38H50NO7P/c1-3-4-5-6-7-8-9-10-11-14-23-43-35-20-16-21-36(27-35)44-29-38(42-2)30-45-47(40,41)46-37-22-15-17-31(25-37)24-34-26-32-18-12-13-19-33(32)28-39-34/h12-13,15-22,25-28,38H,3-11,14,23-24,29-30H2,1-2H3,(H,40,41). The quantitative estimate of drug-likeness (QED) is 0.0619. The Morgan fingerprint density at radius 2 is 1.38 bits per heavy atom. The van der Waals surface area contributed by atoms with Crippen LogP contribution < -0.4 is 14.0 Å². The van der Waals surface area contributed by atoms with Crippen molar-refractivity contribution in [3.05, 3.63) is 96.3 Å². The number of methoxy groups -OCH3 is 1. The lowest BCUT2D eigenvalue weighted by Crippen LogP contribution is -2.25. The Hall–Kier alpha value is -3.42. The maximum absolute atomic E-state index is 12.8. The Morgan fingerprint density at radius 1 is 0.723 bits per heavy atom. The summed E-state index contributed by atoms with van der Waals surface area (Å²) in [4.78, 5) is 15.0. The van der Waals surface area contributed by atoms with Gasteiger partial charge in [-0.15, -0.1) is 0 Å². The van der Waals surface area contributed by atoms with Gasteiger partial charge in [0.15, 0.2) is 0 Å². The number of phosphoric acid groups is 1. The third-order valence-corrected chi connectivity index (χ3v) is 8.87. The first-order valence-corrected chi connectivity index (χ1v) is 18.4. The molecular weight excluding hydrogens is 613 g/mol. The van der Waals surface area contributed by atoms with Gasteiger partial charge in [0, 0.05) is 36.9 Å². The van der Waals surface area contributed by atoms with E-state index in [2.05, 4.69) is 11.9 Å². The summed E-state index contributed by atoms with van der Waals surface area (Å²) in [7, 11) is -2.93. The molecule has 1 N–H and O–H groups in total. The second kappa shape index (κ2) is 20.1. The van der Waals surface area contributed by atoms with E-state index in [0.717, 1.165) is 34.2 Å². The smallest absolute Gasteiger partial charge is 0.493 e. The normalized spacial score (nSPS) is 13.3. The van der Waals surface area contributed by atoms with Gasteiger partial charge >= 0.3 is 7.82 Å². The highest BCUT2D eigenvalue weighted by Gasteiger charge is 2.25. The van der Waals surface area contributed by atoms with E-state index in [9.17, 15) is 9.46 Å². The van der Waals surface area contributed by atoms with Crippen LogP contribution in [0.15, 0.2) is 85.1 Å². The molecule has 8 nitrogen and oxygen atoms in total. The largest absolute Gasteiger partial charge is 0.527 e. The number of pyridine rings is 1. The molecule has 0 aliphatic carbocycles. The fourth-order valence-electron chi connectivity index (χ4n) is 5.29. The Balaban J connectivity index is 1.15. The van der Waals surface area contributed by atoms with Crippen molar-refractivity contribution in [3.63, 3.8) is 0 Å². The molecule has 1 aromatic heterocycles. The third-order valence-electron chi connectivity index (χ3n) is 7.96. The first-order valence-electron chi connectivity index (χ1n) is 16.9. The fourth-order valence-corrected chi connectivity index (χ4v) is 6.08. The summed E-state index contributed by atoms with van der Waals surface area (Å²) in [6.07, 6.45) is 14.6. The van der Waals surface area contributed by atoms with Crippen LogP contribution in [0.1, 0.15) is 82.4 Å². The van der Waals surface area contributed by atoms with Crippen LogP contribution in [0, 0.1) is 0 Å². The lowest BCUT2D eigenvalue weighted by molar-refractivity contribution is 0.0160. The number of aromatic nitrogens is 1. The summed E-state index contributed by atoms with van der Waals surface area (Å²) in [6, 6.07) is 24.6. The summed E-state index contributed by atoms with van der Waals surface area (Å²) < 4.78 is 40.7. The average molecular weight is 664 g/mol. The molecule has 0 spiro atoms. The van der Waals surface area contributed by atoms with Gasteiger partial charge in [-0.05, 0) is 47.7 Å². The number of unbranched alkanes of at least 4 members (excludes halogenated alkanes) is 9. The van der Waals surface area contributed by atoms with Gasteiger partial charge in [0.05, 0.1) is 13.2 Å². The summed E-state index contributed by atoms with van der Waals surface area (Å²) in [5.41, 5.74) is 1.78. The van der Waals surface area contributed by atoms with Crippen molar-refractivity contribution in [2.45, 2.75) is 83.7 Å². The molecule has 47 heavy (non-hydrogen) atoms. The van der Waals surface area contributed by atoms with Crippen LogP contribution in [0.2, 0.25) is 0 Å². The van der Waals surface area contributed by atoms with Crippen molar-refractivity contribution in [1.29, 1.82) is 0 Å². The summed E-state index contributed by atoms with van der Waals surface area (Å²) in [6.45, 7) is 2.85. The maximum Gasteiger partial charge on any atom is 0.527 e. The van der Waals surface area contributed by atoms with E-state index in [0.29, 0.717) is 18.8 Å². The van der Waals surface area contributed by atoms with Gasteiger partial charge < -0.3 is 18.7 Å². The van der Waals surface area contributed by atoms with Crippen LogP contribution in [0.25, 0.3) is 10.8 Å². The lowest BCUT2D eigenvalue weighted by Gasteiger charge is -2.19. The Morgan fingerprint density at radius 3 is 2.13 bits per heavy atom. The molecular formula is C38H50NO7P. The van der Waals surface area contributed by atoms with E-state index in [-0.39, 0.29) is 19.0 Å². The first kappa shape index (κ1) is 36.4. The van der Waals surface area contributed by atoms with Crippen LogP contribution in [-0.4, -0.2) is 42.9 Å². The van der Waals surface area contributed by atoms with Crippen LogP contribution in [0.5, 0.6) is 17.2 Å². The second-order valence-corrected chi connectivity index (χ2v) is 13.3. The molecule has 0 bridgehead atoms. The van der Waals surface area contributed by atoms with E-state index in [1.54, 1.807) is 18.2 Å². The number of ether oxygens (including phenoxy) is 3. The topological polar surface area (TPSA) is 96.3 Å². The van der Waals surface area contributed by atoms with E-state index in [4.69, 9.17) is 23.3 Å². The van der Waals surface area contributed by atoms with E-state index < -0.39 is 13.9 Å². The number of hydrogen-bond acceptors (Lipinski definition) is 7. The molecule has 2 unspecified atom stereocenters. The van der Waals surface area contributed by atoms with Crippen molar-refractivity contribution in [1.82, 2.24) is 4.98 Å². The molecule has 0 aliphatic heterocycles. The first-order chi connectivity index (χ1) is 22.9. The molecule has 2 atom stereocenters. The molecule has 0 radical (unpaired) electrons. The lowest BCUT2D eigenvalue weighted by atomic mass is 10.1. The van der Waals surface area contributed by atoms with Gasteiger partial charge in [-0.25, -0.2) is 4.57 Å². The molecule has 9 heteroatoms. The molecule has 0 amide bonds. The van der Waals surface area contributed by atoms with E-state index in [1.165, 1.54) is 64.9 Å². The minimum absolute atomic E-state index is 0.118. The number of nitrogens with zero attached hydrogens (tertiary/aromatic N) is 1. The Bertz CT molecular complexity index is 1530. The number of phosphoric ester groups is 1. The molecule has 4 rings (SSSR count). The SMILES string of the molecule is CCCCCCCCCCCCOc1cccc(OCC(COP(=O)(O)Oc2cccc(Cc3cc4ccccc4cn3)c2)OC)c1. The Kier molecular flexibility index (Phi) is 15.5. The fraction of sp³-hybridized carbons (Fsp3) is 0.447. The average Bonchev–Trinajstić information content (AvgIpc) is 3.07.